The Hall–Kier alpha value is -1.43. The Morgan fingerprint density at radius 2 is 2.21 bits per heavy atom. The van der Waals surface area contributed by atoms with Gasteiger partial charge >= 0.3 is 12.6 Å². The number of rotatable bonds is 3. The van der Waals surface area contributed by atoms with E-state index in [1.54, 1.807) is 0 Å². The number of aromatic nitrogens is 1. The molecule has 1 aromatic heterocycles. The number of alkyl halides is 2. The van der Waals surface area contributed by atoms with Crippen LogP contribution in [0.25, 0.3) is 0 Å². The van der Waals surface area contributed by atoms with Crippen LogP contribution in [-0.4, -0.2) is 22.7 Å². The molecule has 1 aromatic rings. The molecule has 0 bridgehead atoms. The lowest BCUT2D eigenvalue weighted by atomic mass is 10.3. The van der Waals surface area contributed by atoms with Crippen molar-refractivity contribution >= 4 is 17.6 Å². The fraction of sp³-hybridized carbons (Fsp3) is 0.143. The zero-order valence-corrected chi connectivity index (χ0v) is 7.33. The third-order valence-electron chi connectivity index (χ3n) is 1.20. The van der Waals surface area contributed by atoms with E-state index in [0.29, 0.717) is 0 Å². The summed E-state index contributed by atoms with van der Waals surface area (Å²) in [7, 11) is 0. The molecule has 0 radical (unpaired) electrons. The van der Waals surface area contributed by atoms with Gasteiger partial charge in [-0.3, -0.25) is 0 Å². The molecule has 1 heterocycles. The van der Waals surface area contributed by atoms with Gasteiger partial charge in [-0.25, -0.2) is 9.78 Å². The van der Waals surface area contributed by atoms with Crippen LogP contribution < -0.4 is 4.74 Å². The number of halogens is 3. The van der Waals surface area contributed by atoms with Gasteiger partial charge in [0.2, 0.25) is 5.88 Å². The first-order valence-electron chi connectivity index (χ1n) is 3.34. The highest BCUT2D eigenvalue weighted by molar-refractivity contribution is 6.31. The van der Waals surface area contributed by atoms with Crippen molar-refractivity contribution in [3.05, 3.63) is 22.8 Å². The lowest BCUT2D eigenvalue weighted by Gasteiger charge is -2.04. The summed E-state index contributed by atoms with van der Waals surface area (Å²) in [6, 6.07) is 2.03. The van der Waals surface area contributed by atoms with E-state index in [2.05, 4.69) is 9.72 Å². The molecule has 0 aliphatic carbocycles. The van der Waals surface area contributed by atoms with Gasteiger partial charge in [0.05, 0.1) is 0 Å². The molecular weight excluding hydrogens is 220 g/mol. The zero-order valence-electron chi connectivity index (χ0n) is 6.58. The van der Waals surface area contributed by atoms with E-state index in [1.807, 2.05) is 0 Å². The number of aromatic carboxylic acids is 1. The molecule has 0 saturated heterocycles. The first-order chi connectivity index (χ1) is 6.49. The second kappa shape index (κ2) is 4.19. The Bertz CT molecular complexity index is 359. The second-order valence-corrected chi connectivity index (χ2v) is 2.63. The number of carboxylic acid groups (broad SMARTS) is 1. The molecule has 4 nitrogen and oxygen atoms in total. The average Bonchev–Trinajstić information content (AvgIpc) is 2.01. The SMILES string of the molecule is O=C(O)c1cc(Cl)cc(OC(F)F)n1. The van der Waals surface area contributed by atoms with E-state index >= 15 is 0 Å². The summed E-state index contributed by atoms with van der Waals surface area (Å²) in [5.41, 5.74) is -0.451. The van der Waals surface area contributed by atoms with Gasteiger partial charge in [0.15, 0.2) is 5.69 Å². The van der Waals surface area contributed by atoms with Crippen molar-refractivity contribution in [2.45, 2.75) is 6.61 Å². The fourth-order valence-electron chi connectivity index (χ4n) is 0.735. The monoisotopic (exact) mass is 223 g/mol. The van der Waals surface area contributed by atoms with Gasteiger partial charge in [0.1, 0.15) is 0 Å². The predicted molar refractivity (Wildman–Crippen MR) is 42.8 cm³/mol. The minimum atomic E-state index is -3.07. The van der Waals surface area contributed by atoms with Crippen molar-refractivity contribution in [2.75, 3.05) is 0 Å². The topological polar surface area (TPSA) is 59.4 Å². The summed E-state index contributed by atoms with van der Waals surface area (Å²) in [5.74, 6) is -1.89. The van der Waals surface area contributed by atoms with E-state index < -0.39 is 24.2 Å². The van der Waals surface area contributed by atoms with Gasteiger partial charge in [-0.2, -0.15) is 8.78 Å². The highest BCUT2D eigenvalue weighted by Crippen LogP contribution is 2.18. The van der Waals surface area contributed by atoms with Crippen LogP contribution in [0.2, 0.25) is 5.02 Å². The molecule has 0 atom stereocenters. The molecule has 76 valence electrons. The van der Waals surface area contributed by atoms with Crippen molar-refractivity contribution in [3.8, 4) is 5.88 Å². The molecule has 0 unspecified atom stereocenters. The van der Waals surface area contributed by atoms with Crippen LogP contribution in [0.5, 0.6) is 5.88 Å². The Kier molecular flexibility index (Phi) is 3.19. The van der Waals surface area contributed by atoms with Crippen molar-refractivity contribution < 1.29 is 23.4 Å². The summed E-state index contributed by atoms with van der Waals surface area (Å²) in [4.78, 5) is 13.7. The van der Waals surface area contributed by atoms with E-state index in [-0.39, 0.29) is 5.02 Å². The number of ether oxygens (including phenoxy) is 1. The average molecular weight is 224 g/mol. The minimum Gasteiger partial charge on any atom is -0.477 e. The quantitative estimate of drug-likeness (QED) is 0.852. The number of nitrogens with zero attached hydrogens (tertiary/aromatic N) is 1. The highest BCUT2D eigenvalue weighted by Gasteiger charge is 2.11. The Labute approximate surface area is 82.1 Å². The molecule has 1 rings (SSSR count). The van der Waals surface area contributed by atoms with Crippen molar-refractivity contribution in [1.29, 1.82) is 0 Å². The first kappa shape index (κ1) is 10.6. The summed E-state index contributed by atoms with van der Waals surface area (Å²) in [6.45, 7) is -3.07. The predicted octanol–water partition coefficient (Wildman–Crippen LogP) is 2.03. The maximum atomic E-state index is 11.7. The van der Waals surface area contributed by atoms with Crippen molar-refractivity contribution in [3.63, 3.8) is 0 Å². The third-order valence-corrected chi connectivity index (χ3v) is 1.41. The largest absolute Gasteiger partial charge is 0.477 e. The Morgan fingerprint density at radius 3 is 2.71 bits per heavy atom. The van der Waals surface area contributed by atoms with E-state index in [4.69, 9.17) is 16.7 Å². The van der Waals surface area contributed by atoms with Gasteiger partial charge in [-0.15, -0.1) is 0 Å². The van der Waals surface area contributed by atoms with Crippen LogP contribution in [0.3, 0.4) is 0 Å². The van der Waals surface area contributed by atoms with Crippen molar-refractivity contribution in [1.82, 2.24) is 4.98 Å². The zero-order chi connectivity index (χ0) is 10.7. The third kappa shape index (κ3) is 2.81. The maximum absolute atomic E-state index is 11.7. The fourth-order valence-corrected chi connectivity index (χ4v) is 0.931. The molecule has 0 fully saturated rings. The normalized spacial score (nSPS) is 10.3. The smallest absolute Gasteiger partial charge is 0.388 e. The molecule has 1 N–H and O–H groups in total. The van der Waals surface area contributed by atoms with E-state index in [0.717, 1.165) is 12.1 Å². The summed E-state index contributed by atoms with van der Waals surface area (Å²) >= 11 is 5.45. The molecule has 0 saturated carbocycles. The van der Waals surface area contributed by atoms with E-state index in [1.165, 1.54) is 0 Å². The summed E-state index contributed by atoms with van der Waals surface area (Å²) in [5, 5.41) is 8.47. The van der Waals surface area contributed by atoms with Gasteiger partial charge in [0.25, 0.3) is 0 Å². The molecule has 0 spiro atoms. The molecule has 7 heteroatoms. The minimum absolute atomic E-state index is 0.0342. The number of hydrogen-bond donors (Lipinski definition) is 1. The highest BCUT2D eigenvalue weighted by atomic mass is 35.5. The van der Waals surface area contributed by atoms with Gasteiger partial charge in [0, 0.05) is 11.1 Å². The van der Waals surface area contributed by atoms with Crippen LogP contribution in [0.15, 0.2) is 12.1 Å². The van der Waals surface area contributed by atoms with Gasteiger partial charge < -0.3 is 9.84 Å². The van der Waals surface area contributed by atoms with Crippen LogP contribution in [0.4, 0.5) is 8.78 Å². The molecule has 14 heavy (non-hydrogen) atoms. The maximum Gasteiger partial charge on any atom is 0.388 e. The van der Waals surface area contributed by atoms with Crippen molar-refractivity contribution in [2.24, 2.45) is 0 Å². The lowest BCUT2D eigenvalue weighted by molar-refractivity contribution is -0.0529. The summed E-state index contributed by atoms with van der Waals surface area (Å²) in [6.07, 6.45) is 0. The number of hydrogen-bond acceptors (Lipinski definition) is 3. The number of carboxylic acids is 1. The summed E-state index contributed by atoms with van der Waals surface area (Å²) < 4.78 is 27.4. The van der Waals surface area contributed by atoms with Gasteiger partial charge in [-0.05, 0) is 6.07 Å². The van der Waals surface area contributed by atoms with Crippen LogP contribution in [0, 0.1) is 0 Å². The van der Waals surface area contributed by atoms with Crippen LogP contribution in [0.1, 0.15) is 10.5 Å². The van der Waals surface area contributed by atoms with E-state index in [9.17, 15) is 13.6 Å². The van der Waals surface area contributed by atoms with Gasteiger partial charge in [-0.1, -0.05) is 11.6 Å². The Balaban J connectivity index is 3.01. The first-order valence-corrected chi connectivity index (χ1v) is 3.72. The second-order valence-electron chi connectivity index (χ2n) is 2.19. The number of carbonyl (C=O) groups is 1. The standard InChI is InChI=1S/C7H4ClF2NO3/c8-3-1-4(6(12)13)11-5(2-3)14-7(9)10/h1-2,7H,(H,12,13). The lowest BCUT2D eigenvalue weighted by Crippen LogP contribution is -2.07. The number of pyridine rings is 1. The molecular formula is C7H4ClF2NO3. The van der Waals surface area contributed by atoms with Crippen LogP contribution in [-0.2, 0) is 0 Å². The van der Waals surface area contributed by atoms with Crippen LogP contribution >= 0.6 is 11.6 Å². The molecule has 0 aliphatic heterocycles. The molecule has 0 aliphatic rings. The Morgan fingerprint density at radius 1 is 1.57 bits per heavy atom. The molecule has 0 aromatic carbocycles. The molecule has 0 amide bonds.